The van der Waals surface area contributed by atoms with E-state index in [0.717, 1.165) is 23.4 Å². The number of methoxy groups -OCH3 is 1. The second-order valence-electron chi connectivity index (χ2n) is 7.08. The van der Waals surface area contributed by atoms with Crippen LogP contribution < -0.4 is 14.9 Å². The van der Waals surface area contributed by atoms with Crippen LogP contribution in [0.5, 0.6) is 11.5 Å². The highest BCUT2D eigenvalue weighted by Gasteiger charge is 2.15. The quantitative estimate of drug-likeness (QED) is 0.199. The molecule has 9 nitrogen and oxygen atoms in total. The molecule has 0 radical (unpaired) electrons. The Bertz CT molecular complexity index is 1340. The van der Waals surface area contributed by atoms with Crippen LogP contribution in [0, 0.1) is 6.92 Å². The summed E-state index contributed by atoms with van der Waals surface area (Å²) in [7, 11) is 1.46. The Morgan fingerprint density at radius 1 is 1.18 bits per heavy atom. The van der Waals surface area contributed by atoms with Gasteiger partial charge in [-0.1, -0.05) is 0 Å². The molecular weight excluding hydrogens is 424 g/mol. The third kappa shape index (κ3) is 4.62. The molecule has 0 aliphatic carbocycles. The zero-order chi connectivity index (χ0) is 23.4. The molecule has 2 heterocycles. The van der Waals surface area contributed by atoms with Crippen LogP contribution in [0.4, 0.5) is 0 Å². The maximum Gasteiger partial charge on any atom is 0.379 e. The fraction of sp³-hybridized carbons (Fsp3) is 0.167. The summed E-state index contributed by atoms with van der Waals surface area (Å²) in [6.45, 7) is 4.79. The predicted molar refractivity (Wildman–Crippen MR) is 122 cm³/mol. The van der Waals surface area contributed by atoms with Crippen molar-refractivity contribution in [2.75, 3.05) is 7.11 Å². The van der Waals surface area contributed by atoms with Gasteiger partial charge in [-0.25, -0.2) is 15.2 Å². The largest absolute Gasteiger partial charge is 0.493 e. The van der Waals surface area contributed by atoms with Crippen molar-refractivity contribution < 1.29 is 23.5 Å². The fourth-order valence-corrected chi connectivity index (χ4v) is 3.41. The lowest BCUT2D eigenvalue weighted by molar-refractivity contribution is 0.0696. The molecule has 4 rings (SSSR count). The Balaban J connectivity index is 1.44. The minimum Gasteiger partial charge on any atom is -0.493 e. The van der Waals surface area contributed by atoms with E-state index in [1.165, 1.54) is 25.7 Å². The molecule has 0 atom stereocenters. The second kappa shape index (κ2) is 9.39. The number of fused-ring (bicyclic) bond motifs is 1. The number of nitrogens with zero attached hydrogens (tertiary/aromatic N) is 3. The van der Waals surface area contributed by atoms with Crippen LogP contribution in [-0.4, -0.2) is 34.8 Å². The Kier molecular flexibility index (Phi) is 6.21. The Labute approximate surface area is 189 Å². The van der Waals surface area contributed by atoms with Crippen molar-refractivity contribution in [2.45, 2.75) is 20.4 Å². The van der Waals surface area contributed by atoms with E-state index in [1.807, 2.05) is 19.9 Å². The predicted octanol–water partition coefficient (Wildman–Crippen LogP) is 3.95. The molecule has 2 aromatic heterocycles. The normalized spacial score (nSPS) is 11.1. The lowest BCUT2D eigenvalue weighted by Crippen LogP contribution is -2.17. The average Bonchev–Trinajstić information content (AvgIpc) is 3.46. The second-order valence-corrected chi connectivity index (χ2v) is 7.08. The number of hydrogen-bond acceptors (Lipinski definition) is 7. The van der Waals surface area contributed by atoms with Crippen LogP contribution in [0.25, 0.3) is 11.0 Å². The van der Waals surface area contributed by atoms with Crippen LogP contribution in [0.1, 0.15) is 39.2 Å². The summed E-state index contributed by atoms with van der Waals surface area (Å²) >= 11 is 0. The first kappa shape index (κ1) is 21.8. The molecule has 2 aromatic carbocycles. The number of ether oxygens (including phenoxy) is 2. The molecule has 0 unspecified atom stereocenters. The van der Waals surface area contributed by atoms with Gasteiger partial charge in [-0.2, -0.15) is 5.10 Å². The van der Waals surface area contributed by atoms with Crippen molar-refractivity contribution >= 4 is 29.1 Å². The molecule has 0 aliphatic rings. The first-order valence-corrected chi connectivity index (χ1v) is 10.2. The van der Waals surface area contributed by atoms with Gasteiger partial charge in [-0.05, 0) is 67.9 Å². The van der Waals surface area contributed by atoms with E-state index >= 15 is 0 Å². The van der Waals surface area contributed by atoms with Gasteiger partial charge in [-0.3, -0.25) is 4.79 Å². The van der Waals surface area contributed by atoms with E-state index in [2.05, 4.69) is 20.1 Å². The summed E-state index contributed by atoms with van der Waals surface area (Å²) in [5.74, 6) is 0.555. The van der Waals surface area contributed by atoms with Crippen molar-refractivity contribution in [3.8, 4) is 11.5 Å². The van der Waals surface area contributed by atoms with Gasteiger partial charge < -0.3 is 18.5 Å². The van der Waals surface area contributed by atoms with E-state index in [0.29, 0.717) is 16.9 Å². The first-order chi connectivity index (χ1) is 16.0. The zero-order valence-electron chi connectivity index (χ0n) is 18.4. The molecule has 0 spiro atoms. The molecule has 4 aromatic rings. The molecule has 168 valence electrons. The summed E-state index contributed by atoms with van der Waals surface area (Å²) in [6.07, 6.45) is 2.85. The third-order valence-corrected chi connectivity index (χ3v) is 5.01. The van der Waals surface area contributed by atoms with Gasteiger partial charge in [0.25, 0.3) is 5.91 Å². The van der Waals surface area contributed by atoms with E-state index in [4.69, 9.17) is 13.9 Å². The number of aromatic nitrogens is 2. The summed E-state index contributed by atoms with van der Waals surface area (Å²) in [5, 5.41) is 4.02. The summed E-state index contributed by atoms with van der Waals surface area (Å²) in [6, 6.07) is 13.3. The highest BCUT2D eigenvalue weighted by Crippen LogP contribution is 2.28. The molecule has 0 saturated heterocycles. The number of hydrazone groups is 1. The molecule has 1 amide bonds. The maximum absolute atomic E-state index is 12.5. The highest BCUT2D eigenvalue weighted by atomic mass is 16.6. The van der Waals surface area contributed by atoms with Gasteiger partial charge in [0.2, 0.25) is 5.76 Å². The van der Waals surface area contributed by atoms with E-state index in [9.17, 15) is 9.59 Å². The van der Waals surface area contributed by atoms with Crippen molar-refractivity contribution in [3.63, 3.8) is 0 Å². The Hall–Kier alpha value is -4.40. The van der Waals surface area contributed by atoms with Gasteiger partial charge in [0.05, 0.1) is 30.6 Å². The van der Waals surface area contributed by atoms with Crippen LogP contribution in [0.3, 0.4) is 0 Å². The topological polar surface area (TPSA) is 108 Å². The van der Waals surface area contributed by atoms with Gasteiger partial charge in [-0.15, -0.1) is 0 Å². The number of carbonyl (C=O) groups is 2. The average molecular weight is 446 g/mol. The van der Waals surface area contributed by atoms with Gasteiger partial charge >= 0.3 is 5.97 Å². The van der Waals surface area contributed by atoms with Gasteiger partial charge in [0.15, 0.2) is 11.5 Å². The number of imidazole rings is 1. The number of furan rings is 1. The van der Waals surface area contributed by atoms with Crippen molar-refractivity contribution in [1.82, 2.24) is 15.0 Å². The zero-order valence-corrected chi connectivity index (χ0v) is 18.4. The number of esters is 1. The number of aryl methyl sites for hydroxylation is 2. The Morgan fingerprint density at radius 2 is 2.03 bits per heavy atom. The van der Waals surface area contributed by atoms with Gasteiger partial charge in [0.1, 0.15) is 5.82 Å². The minimum atomic E-state index is -0.636. The molecule has 0 saturated carbocycles. The monoisotopic (exact) mass is 446 g/mol. The Morgan fingerprint density at radius 3 is 2.76 bits per heavy atom. The lowest BCUT2D eigenvalue weighted by Gasteiger charge is -2.09. The summed E-state index contributed by atoms with van der Waals surface area (Å²) in [5.41, 5.74) is 5.34. The van der Waals surface area contributed by atoms with Crippen LogP contribution in [0.2, 0.25) is 0 Å². The molecule has 9 heteroatoms. The fourth-order valence-electron chi connectivity index (χ4n) is 3.41. The molecule has 0 bridgehead atoms. The van der Waals surface area contributed by atoms with Crippen LogP contribution >= 0.6 is 0 Å². The molecule has 33 heavy (non-hydrogen) atoms. The number of amides is 1. The third-order valence-electron chi connectivity index (χ3n) is 5.01. The first-order valence-electron chi connectivity index (χ1n) is 10.2. The molecule has 0 aliphatic heterocycles. The SMILES string of the molecule is CCn1c(C)nc2cc(C(=O)NN=Cc3ccc(OC(=O)c4ccco4)c(OC)c3)ccc21. The van der Waals surface area contributed by atoms with Crippen molar-refractivity contribution in [1.29, 1.82) is 0 Å². The number of hydrogen-bond donors (Lipinski definition) is 1. The number of nitrogens with one attached hydrogen (secondary N) is 1. The van der Waals surface area contributed by atoms with Gasteiger partial charge in [0, 0.05) is 12.1 Å². The minimum absolute atomic E-state index is 0.0835. The molecular formula is C24H22N4O5. The summed E-state index contributed by atoms with van der Waals surface area (Å²) < 4.78 is 17.7. The molecule has 1 N–H and O–H groups in total. The maximum atomic E-state index is 12.5. The highest BCUT2D eigenvalue weighted by molar-refractivity contribution is 5.98. The van der Waals surface area contributed by atoms with E-state index in [-0.39, 0.29) is 17.4 Å². The van der Waals surface area contributed by atoms with E-state index < -0.39 is 5.97 Å². The number of carbonyl (C=O) groups excluding carboxylic acids is 2. The smallest absolute Gasteiger partial charge is 0.379 e. The lowest BCUT2D eigenvalue weighted by atomic mass is 10.2. The van der Waals surface area contributed by atoms with E-state index in [1.54, 1.807) is 36.4 Å². The number of benzene rings is 2. The van der Waals surface area contributed by atoms with Crippen molar-refractivity contribution in [3.05, 3.63) is 77.5 Å². The summed E-state index contributed by atoms with van der Waals surface area (Å²) in [4.78, 5) is 29.1. The van der Waals surface area contributed by atoms with Crippen LogP contribution in [0.15, 0.2) is 64.3 Å². The molecule has 0 fully saturated rings. The van der Waals surface area contributed by atoms with Crippen molar-refractivity contribution in [2.24, 2.45) is 5.10 Å². The standard InChI is InChI=1S/C24H22N4O5/c1-4-28-15(2)26-18-13-17(8-9-19(18)28)23(29)27-25-14-16-7-10-20(22(12-16)31-3)33-24(30)21-6-5-11-32-21/h5-14H,4H2,1-3H3,(H,27,29). The number of rotatable bonds is 7. The van der Waals surface area contributed by atoms with Crippen LogP contribution in [-0.2, 0) is 6.54 Å².